The zero-order chi connectivity index (χ0) is 22.4. The lowest BCUT2D eigenvalue weighted by molar-refractivity contribution is -0.122. The van der Waals surface area contributed by atoms with E-state index >= 15 is 0 Å². The molecule has 0 aliphatic rings. The van der Waals surface area contributed by atoms with Crippen LogP contribution in [0.25, 0.3) is 0 Å². The van der Waals surface area contributed by atoms with Gasteiger partial charge in [0.25, 0.3) is 11.8 Å². The van der Waals surface area contributed by atoms with E-state index in [-0.39, 0.29) is 17.2 Å². The Bertz CT molecular complexity index is 1020. The van der Waals surface area contributed by atoms with Gasteiger partial charge >= 0.3 is 0 Å². The van der Waals surface area contributed by atoms with Gasteiger partial charge in [0.05, 0.1) is 12.8 Å². The average molecular weight is 421 g/mol. The third kappa shape index (κ3) is 6.22. The predicted octanol–water partition coefficient (Wildman–Crippen LogP) is 4.91. The van der Waals surface area contributed by atoms with Crippen LogP contribution in [0.15, 0.2) is 71.3 Å². The summed E-state index contributed by atoms with van der Waals surface area (Å²) in [7, 11) is 0. The average Bonchev–Trinajstić information content (AvgIpc) is 3.25. The summed E-state index contributed by atoms with van der Waals surface area (Å²) in [5.74, 6) is 0.741. The van der Waals surface area contributed by atoms with Crippen LogP contribution in [0.2, 0.25) is 0 Å². The molecule has 0 fully saturated rings. The Balaban J connectivity index is 1.57. The van der Waals surface area contributed by atoms with Crippen LogP contribution in [-0.2, 0) is 16.8 Å². The molecule has 2 N–H and O–H groups in total. The molecular formula is C25H28N2O4. The number of nitrogens with one attached hydrogen (secondary N) is 2. The van der Waals surface area contributed by atoms with E-state index in [1.165, 1.54) is 5.56 Å². The molecule has 1 aromatic heterocycles. The molecule has 31 heavy (non-hydrogen) atoms. The Labute approximate surface area is 182 Å². The number of carbonyl (C=O) groups excluding carboxylic acids is 2. The van der Waals surface area contributed by atoms with Gasteiger partial charge < -0.3 is 19.8 Å². The van der Waals surface area contributed by atoms with Crippen molar-refractivity contribution >= 4 is 17.5 Å². The van der Waals surface area contributed by atoms with E-state index in [4.69, 9.17) is 9.15 Å². The summed E-state index contributed by atoms with van der Waals surface area (Å²) >= 11 is 0. The lowest BCUT2D eigenvalue weighted by Crippen LogP contribution is -2.30. The molecule has 0 bridgehead atoms. The summed E-state index contributed by atoms with van der Waals surface area (Å²) in [5.41, 5.74) is 2.21. The Morgan fingerprint density at radius 3 is 2.42 bits per heavy atom. The van der Waals surface area contributed by atoms with Gasteiger partial charge in [0.2, 0.25) is 0 Å². The molecule has 2 aromatic carbocycles. The first kappa shape index (κ1) is 22.2. The van der Waals surface area contributed by atoms with Crippen molar-refractivity contribution in [2.24, 2.45) is 0 Å². The van der Waals surface area contributed by atoms with E-state index in [9.17, 15) is 9.59 Å². The number of benzene rings is 2. The number of amides is 2. The van der Waals surface area contributed by atoms with E-state index < -0.39 is 6.10 Å². The van der Waals surface area contributed by atoms with Gasteiger partial charge in [-0.3, -0.25) is 9.59 Å². The number of hydrogen-bond donors (Lipinski definition) is 2. The third-order valence-electron chi connectivity index (χ3n) is 4.80. The quantitative estimate of drug-likeness (QED) is 0.569. The molecular weight excluding hydrogens is 392 g/mol. The highest BCUT2D eigenvalue weighted by Gasteiger charge is 2.17. The third-order valence-corrected chi connectivity index (χ3v) is 4.80. The Hall–Kier alpha value is -3.54. The highest BCUT2D eigenvalue weighted by atomic mass is 16.5. The summed E-state index contributed by atoms with van der Waals surface area (Å²) in [5, 5.41) is 5.58. The van der Waals surface area contributed by atoms with Crippen LogP contribution in [0, 0.1) is 0 Å². The topological polar surface area (TPSA) is 80.6 Å². The zero-order valence-electron chi connectivity index (χ0n) is 18.3. The van der Waals surface area contributed by atoms with E-state index in [1.807, 2.05) is 24.3 Å². The van der Waals surface area contributed by atoms with Crippen molar-refractivity contribution in [2.75, 3.05) is 5.32 Å². The minimum atomic E-state index is -0.697. The fourth-order valence-electron chi connectivity index (χ4n) is 2.96. The van der Waals surface area contributed by atoms with Crippen molar-refractivity contribution in [3.8, 4) is 5.75 Å². The molecule has 3 rings (SSSR count). The number of carbonyl (C=O) groups is 2. The SMILES string of the molecule is CC(Oc1ccc(C(C)(C)C)cc1)C(=O)Nc1cccc(C(=O)NCc2ccco2)c1. The predicted molar refractivity (Wildman–Crippen MR) is 120 cm³/mol. The molecule has 162 valence electrons. The van der Waals surface area contributed by atoms with Crippen molar-refractivity contribution in [3.05, 3.63) is 83.8 Å². The van der Waals surface area contributed by atoms with Gasteiger partial charge in [-0.1, -0.05) is 39.0 Å². The number of furan rings is 1. The highest BCUT2D eigenvalue weighted by molar-refractivity contribution is 5.98. The molecule has 0 aliphatic heterocycles. The molecule has 6 heteroatoms. The first-order valence-corrected chi connectivity index (χ1v) is 10.2. The molecule has 6 nitrogen and oxygen atoms in total. The van der Waals surface area contributed by atoms with Crippen LogP contribution in [-0.4, -0.2) is 17.9 Å². The fraction of sp³-hybridized carbons (Fsp3) is 0.280. The minimum Gasteiger partial charge on any atom is -0.481 e. The Kier molecular flexibility index (Phi) is 6.80. The lowest BCUT2D eigenvalue weighted by Gasteiger charge is -2.20. The molecule has 1 heterocycles. The van der Waals surface area contributed by atoms with Crippen molar-refractivity contribution in [3.63, 3.8) is 0 Å². The molecule has 3 aromatic rings. The van der Waals surface area contributed by atoms with Crippen LogP contribution in [0.4, 0.5) is 5.69 Å². The van der Waals surface area contributed by atoms with Crippen LogP contribution in [0.1, 0.15) is 49.4 Å². The molecule has 2 amide bonds. The smallest absolute Gasteiger partial charge is 0.265 e. The summed E-state index contributed by atoms with van der Waals surface area (Å²) in [6.07, 6.45) is 0.858. The van der Waals surface area contributed by atoms with Crippen molar-refractivity contribution in [2.45, 2.75) is 45.8 Å². The monoisotopic (exact) mass is 420 g/mol. The molecule has 0 saturated heterocycles. The summed E-state index contributed by atoms with van der Waals surface area (Å²) < 4.78 is 11.0. The van der Waals surface area contributed by atoms with E-state index in [2.05, 4.69) is 31.4 Å². The molecule has 0 spiro atoms. The summed E-state index contributed by atoms with van der Waals surface area (Å²) in [6.45, 7) is 8.41. The van der Waals surface area contributed by atoms with Crippen molar-refractivity contribution in [1.29, 1.82) is 0 Å². The highest BCUT2D eigenvalue weighted by Crippen LogP contribution is 2.24. The second kappa shape index (κ2) is 9.51. The van der Waals surface area contributed by atoms with Crippen LogP contribution < -0.4 is 15.4 Å². The minimum absolute atomic E-state index is 0.0524. The van der Waals surface area contributed by atoms with Gasteiger partial charge in [0.15, 0.2) is 6.10 Å². The zero-order valence-corrected chi connectivity index (χ0v) is 18.3. The number of anilines is 1. The van der Waals surface area contributed by atoms with E-state index in [0.29, 0.717) is 29.3 Å². The van der Waals surface area contributed by atoms with Crippen molar-refractivity contribution in [1.82, 2.24) is 5.32 Å². The standard InChI is InChI=1S/C25H28N2O4/c1-17(31-21-12-10-19(11-13-21)25(2,3)4)23(28)27-20-8-5-7-18(15-20)24(29)26-16-22-9-6-14-30-22/h5-15,17H,16H2,1-4H3,(H,26,29)(H,27,28). The maximum atomic E-state index is 12.6. The molecule has 1 atom stereocenters. The number of ether oxygens (including phenoxy) is 1. The van der Waals surface area contributed by atoms with E-state index in [1.54, 1.807) is 49.6 Å². The second-order valence-corrected chi connectivity index (χ2v) is 8.37. The molecule has 0 saturated carbocycles. The van der Waals surface area contributed by atoms with Crippen LogP contribution in [0.3, 0.4) is 0 Å². The largest absolute Gasteiger partial charge is 0.481 e. The van der Waals surface area contributed by atoms with Gasteiger partial charge in [0.1, 0.15) is 11.5 Å². The maximum Gasteiger partial charge on any atom is 0.265 e. The van der Waals surface area contributed by atoms with Gasteiger partial charge in [0, 0.05) is 11.3 Å². The second-order valence-electron chi connectivity index (χ2n) is 8.37. The molecule has 1 unspecified atom stereocenters. The fourth-order valence-corrected chi connectivity index (χ4v) is 2.96. The van der Waals surface area contributed by atoms with Crippen LogP contribution >= 0.6 is 0 Å². The molecule has 0 aliphatic carbocycles. The Morgan fingerprint density at radius 1 is 1.03 bits per heavy atom. The first-order valence-electron chi connectivity index (χ1n) is 10.2. The molecule has 0 radical (unpaired) electrons. The first-order chi connectivity index (χ1) is 14.7. The number of hydrogen-bond acceptors (Lipinski definition) is 4. The maximum absolute atomic E-state index is 12.6. The normalized spacial score (nSPS) is 12.1. The van der Waals surface area contributed by atoms with Crippen LogP contribution in [0.5, 0.6) is 5.75 Å². The van der Waals surface area contributed by atoms with Gasteiger partial charge in [-0.05, 0) is 60.4 Å². The Morgan fingerprint density at radius 2 is 1.77 bits per heavy atom. The van der Waals surface area contributed by atoms with Crippen molar-refractivity contribution < 1.29 is 18.7 Å². The van der Waals surface area contributed by atoms with E-state index in [0.717, 1.165) is 0 Å². The lowest BCUT2D eigenvalue weighted by atomic mass is 9.87. The number of rotatable bonds is 7. The summed E-state index contributed by atoms with van der Waals surface area (Å²) in [6, 6.07) is 18.1. The van der Waals surface area contributed by atoms with Gasteiger partial charge in [-0.15, -0.1) is 0 Å². The van der Waals surface area contributed by atoms with Gasteiger partial charge in [-0.2, -0.15) is 0 Å². The van der Waals surface area contributed by atoms with Gasteiger partial charge in [-0.25, -0.2) is 0 Å². The summed E-state index contributed by atoms with van der Waals surface area (Å²) in [4.78, 5) is 24.9.